The van der Waals surface area contributed by atoms with Crippen LogP contribution in [0.2, 0.25) is 0 Å². The average molecular weight is 426 g/mol. The zero-order valence-electron chi connectivity index (χ0n) is 16.2. The lowest BCUT2D eigenvalue weighted by molar-refractivity contribution is 0.121. The number of methoxy groups -OCH3 is 1. The third kappa shape index (κ3) is 4.76. The summed E-state index contributed by atoms with van der Waals surface area (Å²) >= 11 is 0. The smallest absolute Gasteiger partial charge is 0.262 e. The van der Waals surface area contributed by atoms with E-state index in [1.165, 1.54) is 32.2 Å². The average Bonchev–Trinajstić information content (AvgIpc) is 2.74. The summed E-state index contributed by atoms with van der Waals surface area (Å²) in [5.74, 6) is -0.779. The number of sulfonamides is 1. The van der Waals surface area contributed by atoms with Crippen molar-refractivity contribution >= 4 is 21.5 Å². The van der Waals surface area contributed by atoms with Crippen molar-refractivity contribution < 1.29 is 21.9 Å². The quantitative estimate of drug-likeness (QED) is 0.708. The summed E-state index contributed by atoms with van der Waals surface area (Å²) < 4.78 is 60.5. The van der Waals surface area contributed by atoms with Crippen LogP contribution >= 0.6 is 0 Å². The fourth-order valence-corrected chi connectivity index (χ4v) is 4.23. The maximum absolute atomic E-state index is 13.6. The maximum atomic E-state index is 13.6. The fraction of sp³-hybridized carbons (Fsp3) is 0.421. The molecule has 29 heavy (non-hydrogen) atoms. The first kappa shape index (κ1) is 21.3. The third-order valence-electron chi connectivity index (χ3n) is 4.80. The van der Waals surface area contributed by atoms with Crippen LogP contribution in [-0.4, -0.2) is 53.1 Å². The molecule has 1 aliphatic rings. The second-order valence-corrected chi connectivity index (χ2v) is 8.42. The Labute approximate surface area is 169 Å². The van der Waals surface area contributed by atoms with Crippen molar-refractivity contribution in [3.63, 3.8) is 0 Å². The number of aromatic nitrogens is 1. The largest absolute Gasteiger partial charge is 0.479 e. The van der Waals surface area contributed by atoms with Crippen molar-refractivity contribution in [2.75, 3.05) is 42.9 Å². The van der Waals surface area contributed by atoms with E-state index in [1.54, 1.807) is 18.2 Å². The molecule has 10 heteroatoms. The van der Waals surface area contributed by atoms with E-state index in [4.69, 9.17) is 4.74 Å². The van der Waals surface area contributed by atoms with Crippen LogP contribution in [0.1, 0.15) is 18.4 Å². The van der Waals surface area contributed by atoms with E-state index in [0.717, 1.165) is 13.1 Å². The van der Waals surface area contributed by atoms with E-state index in [9.17, 15) is 17.2 Å². The molecule has 7 nitrogen and oxygen atoms in total. The molecular weight excluding hydrogens is 402 g/mol. The maximum Gasteiger partial charge on any atom is 0.262 e. The number of halogens is 2. The SMILES string of the molecule is COc1nc(N2CCNCC2)cc([C@H](C)C(F)F)c1NS(=O)(=O)c1ccccc1. The van der Waals surface area contributed by atoms with Crippen molar-refractivity contribution in [2.45, 2.75) is 24.2 Å². The number of anilines is 2. The van der Waals surface area contributed by atoms with Gasteiger partial charge in [0.25, 0.3) is 10.0 Å². The highest BCUT2D eigenvalue weighted by Crippen LogP contribution is 2.38. The molecule has 0 bridgehead atoms. The van der Waals surface area contributed by atoms with Crippen LogP contribution in [0.3, 0.4) is 0 Å². The Hall–Kier alpha value is -2.46. The zero-order valence-corrected chi connectivity index (χ0v) is 17.0. The second kappa shape index (κ2) is 8.91. The van der Waals surface area contributed by atoms with Crippen molar-refractivity contribution in [1.29, 1.82) is 0 Å². The minimum Gasteiger partial charge on any atom is -0.479 e. The Balaban J connectivity index is 2.08. The number of nitrogens with one attached hydrogen (secondary N) is 2. The van der Waals surface area contributed by atoms with Gasteiger partial charge in [0.05, 0.1) is 12.0 Å². The Kier molecular flexibility index (Phi) is 6.53. The van der Waals surface area contributed by atoms with E-state index in [-0.39, 0.29) is 22.0 Å². The number of rotatable bonds is 7. The Bertz CT molecular complexity index is 936. The number of hydrogen-bond acceptors (Lipinski definition) is 6. The molecule has 0 radical (unpaired) electrons. The van der Waals surface area contributed by atoms with Gasteiger partial charge in [-0.25, -0.2) is 17.2 Å². The van der Waals surface area contributed by atoms with E-state index < -0.39 is 22.4 Å². The van der Waals surface area contributed by atoms with Gasteiger partial charge < -0.3 is 15.0 Å². The van der Waals surface area contributed by atoms with Crippen molar-refractivity contribution in [1.82, 2.24) is 10.3 Å². The van der Waals surface area contributed by atoms with Crippen LogP contribution in [0.15, 0.2) is 41.3 Å². The predicted molar refractivity (Wildman–Crippen MR) is 108 cm³/mol. The first-order valence-electron chi connectivity index (χ1n) is 9.24. The summed E-state index contributed by atoms with van der Waals surface area (Å²) in [5, 5.41) is 3.22. The van der Waals surface area contributed by atoms with Crippen LogP contribution in [0.5, 0.6) is 5.88 Å². The first-order valence-corrected chi connectivity index (χ1v) is 10.7. The third-order valence-corrected chi connectivity index (χ3v) is 6.16. The van der Waals surface area contributed by atoms with Gasteiger partial charge in [0.15, 0.2) is 0 Å². The van der Waals surface area contributed by atoms with Gasteiger partial charge >= 0.3 is 0 Å². The van der Waals surface area contributed by atoms with Gasteiger partial charge in [-0.3, -0.25) is 4.72 Å². The van der Waals surface area contributed by atoms with Crippen molar-refractivity contribution in [3.05, 3.63) is 42.0 Å². The monoisotopic (exact) mass is 426 g/mol. The lowest BCUT2D eigenvalue weighted by Gasteiger charge is -2.30. The van der Waals surface area contributed by atoms with Gasteiger partial charge in [0.1, 0.15) is 11.5 Å². The summed E-state index contributed by atoms with van der Waals surface area (Å²) in [4.78, 5) is 6.37. The minimum atomic E-state index is -4.00. The van der Waals surface area contributed by atoms with Gasteiger partial charge in [0, 0.05) is 32.1 Å². The molecule has 1 atom stereocenters. The summed E-state index contributed by atoms with van der Waals surface area (Å²) in [5.41, 5.74) is 0.0722. The van der Waals surface area contributed by atoms with Crippen LogP contribution in [0.25, 0.3) is 0 Å². The van der Waals surface area contributed by atoms with Crippen LogP contribution < -0.4 is 19.7 Å². The van der Waals surface area contributed by atoms with Crippen LogP contribution in [0, 0.1) is 0 Å². The number of piperazine rings is 1. The highest BCUT2D eigenvalue weighted by atomic mass is 32.2. The topological polar surface area (TPSA) is 83.6 Å². The zero-order chi connectivity index (χ0) is 21.0. The van der Waals surface area contributed by atoms with Gasteiger partial charge in [0.2, 0.25) is 12.3 Å². The number of ether oxygens (including phenoxy) is 1. The van der Waals surface area contributed by atoms with E-state index >= 15 is 0 Å². The molecule has 0 spiro atoms. The van der Waals surface area contributed by atoms with E-state index in [0.29, 0.717) is 18.9 Å². The normalized spacial score (nSPS) is 16.0. The number of pyridine rings is 1. The molecular formula is C19H24F2N4O3S. The van der Waals surface area contributed by atoms with Gasteiger partial charge in [-0.15, -0.1) is 0 Å². The molecule has 0 amide bonds. The highest BCUT2D eigenvalue weighted by molar-refractivity contribution is 7.92. The number of benzene rings is 1. The van der Waals surface area contributed by atoms with E-state index in [1.807, 2.05) is 4.90 Å². The van der Waals surface area contributed by atoms with Crippen LogP contribution in [-0.2, 0) is 10.0 Å². The van der Waals surface area contributed by atoms with Gasteiger partial charge in [-0.2, -0.15) is 4.98 Å². The lowest BCUT2D eigenvalue weighted by Crippen LogP contribution is -2.44. The summed E-state index contributed by atoms with van der Waals surface area (Å²) in [7, 11) is -2.67. The molecule has 3 rings (SSSR count). The van der Waals surface area contributed by atoms with Crippen LogP contribution in [0.4, 0.5) is 20.3 Å². The molecule has 2 heterocycles. The summed E-state index contributed by atoms with van der Waals surface area (Å²) in [6, 6.07) is 9.23. The predicted octanol–water partition coefficient (Wildman–Crippen LogP) is 2.67. The first-order chi connectivity index (χ1) is 13.8. The molecule has 2 aromatic rings. The Morgan fingerprint density at radius 1 is 1.21 bits per heavy atom. The minimum absolute atomic E-state index is 0.0175. The molecule has 1 aliphatic heterocycles. The van der Waals surface area contributed by atoms with Crippen molar-refractivity contribution in [3.8, 4) is 5.88 Å². The summed E-state index contributed by atoms with van der Waals surface area (Å²) in [6.45, 7) is 4.15. The molecule has 2 N–H and O–H groups in total. The highest BCUT2D eigenvalue weighted by Gasteiger charge is 2.28. The molecule has 1 saturated heterocycles. The van der Waals surface area contributed by atoms with Gasteiger partial charge in [-0.05, 0) is 23.8 Å². The lowest BCUT2D eigenvalue weighted by atomic mass is 10.0. The fourth-order valence-electron chi connectivity index (χ4n) is 3.12. The van der Waals surface area contributed by atoms with E-state index in [2.05, 4.69) is 15.0 Å². The second-order valence-electron chi connectivity index (χ2n) is 6.73. The molecule has 1 aromatic carbocycles. The van der Waals surface area contributed by atoms with Crippen molar-refractivity contribution in [2.24, 2.45) is 0 Å². The number of nitrogens with zero attached hydrogens (tertiary/aromatic N) is 2. The molecule has 158 valence electrons. The molecule has 0 saturated carbocycles. The molecule has 0 unspecified atom stereocenters. The summed E-state index contributed by atoms with van der Waals surface area (Å²) in [6.07, 6.45) is -2.68. The van der Waals surface area contributed by atoms with Gasteiger partial charge in [-0.1, -0.05) is 25.1 Å². The Morgan fingerprint density at radius 3 is 2.45 bits per heavy atom. The Morgan fingerprint density at radius 2 is 1.86 bits per heavy atom. The molecule has 1 fully saturated rings. The number of alkyl halides is 2. The number of hydrogen-bond donors (Lipinski definition) is 2. The standard InChI is InChI=1S/C19H24F2N4O3S/c1-13(18(20)21)15-12-16(25-10-8-22-9-11-25)23-19(28-2)17(15)24-29(26,27)14-6-4-3-5-7-14/h3-7,12-13,18,22,24H,8-11H2,1-2H3/t13-/m0/s1. The molecule has 0 aliphatic carbocycles. The molecule has 1 aromatic heterocycles.